The van der Waals surface area contributed by atoms with E-state index in [4.69, 9.17) is 9.15 Å². The van der Waals surface area contributed by atoms with E-state index in [1.54, 1.807) is 17.8 Å². The van der Waals surface area contributed by atoms with Crippen molar-refractivity contribution in [3.8, 4) is 0 Å². The standard InChI is InChI=1S/C15H17N3O3S/c1-2-22-11-6-3-5-10(9-11)13(19)16-15-18-17-14(21-15)12-7-4-8-20-12/h3,5-6,9,12H,2,4,7-8H2,1H3,(H,16,18,19). The maximum Gasteiger partial charge on any atom is 0.322 e. The number of amides is 1. The number of rotatable bonds is 5. The van der Waals surface area contributed by atoms with Gasteiger partial charge in [0.2, 0.25) is 5.89 Å². The minimum atomic E-state index is -0.263. The summed E-state index contributed by atoms with van der Waals surface area (Å²) in [7, 11) is 0. The van der Waals surface area contributed by atoms with Crippen LogP contribution in [0.25, 0.3) is 0 Å². The fourth-order valence-corrected chi connectivity index (χ4v) is 2.97. The predicted molar refractivity (Wildman–Crippen MR) is 83.0 cm³/mol. The molecule has 0 radical (unpaired) electrons. The molecule has 1 saturated heterocycles. The van der Waals surface area contributed by atoms with Gasteiger partial charge in [-0.15, -0.1) is 16.9 Å². The molecule has 1 aromatic heterocycles. The highest BCUT2D eigenvalue weighted by Crippen LogP contribution is 2.28. The second kappa shape index (κ2) is 6.93. The van der Waals surface area contributed by atoms with Gasteiger partial charge in [0.05, 0.1) is 0 Å². The van der Waals surface area contributed by atoms with E-state index >= 15 is 0 Å². The maximum atomic E-state index is 12.2. The molecule has 0 aliphatic carbocycles. The molecule has 2 aromatic rings. The number of carbonyl (C=O) groups excluding carboxylic acids is 1. The first kappa shape index (κ1) is 15.1. The van der Waals surface area contributed by atoms with Crippen molar-refractivity contribution in [3.63, 3.8) is 0 Å². The summed E-state index contributed by atoms with van der Waals surface area (Å²) in [5, 5.41) is 10.4. The van der Waals surface area contributed by atoms with E-state index in [2.05, 4.69) is 22.4 Å². The number of ether oxygens (including phenoxy) is 1. The smallest absolute Gasteiger partial charge is 0.322 e. The lowest BCUT2D eigenvalue weighted by molar-refractivity contribution is 0.0893. The molecule has 1 aliphatic rings. The molecule has 22 heavy (non-hydrogen) atoms. The third kappa shape index (κ3) is 3.48. The zero-order valence-corrected chi connectivity index (χ0v) is 13.1. The first-order valence-corrected chi connectivity index (χ1v) is 8.24. The fraction of sp³-hybridized carbons (Fsp3) is 0.400. The zero-order valence-electron chi connectivity index (χ0n) is 12.2. The summed E-state index contributed by atoms with van der Waals surface area (Å²) in [6, 6.07) is 7.54. The normalized spacial score (nSPS) is 17.6. The van der Waals surface area contributed by atoms with Gasteiger partial charge in [0.1, 0.15) is 6.10 Å². The van der Waals surface area contributed by atoms with Gasteiger partial charge in [0, 0.05) is 17.1 Å². The van der Waals surface area contributed by atoms with E-state index < -0.39 is 0 Å². The van der Waals surface area contributed by atoms with Crippen LogP contribution < -0.4 is 5.32 Å². The van der Waals surface area contributed by atoms with Crippen LogP contribution in [0.4, 0.5) is 6.01 Å². The Bertz CT molecular complexity index is 653. The van der Waals surface area contributed by atoms with Crippen LogP contribution >= 0.6 is 11.8 Å². The number of benzene rings is 1. The van der Waals surface area contributed by atoms with Gasteiger partial charge in [-0.3, -0.25) is 10.1 Å². The topological polar surface area (TPSA) is 77.2 Å². The Balaban J connectivity index is 1.67. The number of nitrogens with zero attached hydrogens (tertiary/aromatic N) is 2. The highest BCUT2D eigenvalue weighted by atomic mass is 32.2. The minimum absolute atomic E-state index is 0.101. The molecule has 0 spiro atoms. The van der Waals surface area contributed by atoms with Crippen molar-refractivity contribution >= 4 is 23.7 Å². The highest BCUT2D eigenvalue weighted by Gasteiger charge is 2.24. The van der Waals surface area contributed by atoms with Crippen molar-refractivity contribution in [2.24, 2.45) is 0 Å². The Kier molecular flexibility index (Phi) is 4.74. The summed E-state index contributed by atoms with van der Waals surface area (Å²) >= 11 is 1.69. The van der Waals surface area contributed by atoms with Crippen LogP contribution in [-0.4, -0.2) is 28.5 Å². The predicted octanol–water partition coefficient (Wildman–Crippen LogP) is 3.29. The van der Waals surface area contributed by atoms with Crippen molar-refractivity contribution in [1.82, 2.24) is 10.2 Å². The van der Waals surface area contributed by atoms with E-state index in [-0.39, 0.29) is 18.0 Å². The molecule has 6 nitrogen and oxygen atoms in total. The summed E-state index contributed by atoms with van der Waals surface area (Å²) in [6.45, 7) is 2.78. The van der Waals surface area contributed by atoms with Crippen molar-refractivity contribution in [2.45, 2.75) is 30.8 Å². The van der Waals surface area contributed by atoms with Crippen LogP contribution in [0.3, 0.4) is 0 Å². The number of anilines is 1. The van der Waals surface area contributed by atoms with Gasteiger partial charge in [-0.05, 0) is 36.8 Å². The SMILES string of the molecule is CCSc1cccc(C(=O)Nc2nnc(C3CCCO3)o2)c1. The van der Waals surface area contributed by atoms with E-state index in [1.165, 1.54) is 0 Å². The molecule has 0 saturated carbocycles. The molecule has 1 N–H and O–H groups in total. The second-order valence-corrected chi connectivity index (χ2v) is 6.20. The van der Waals surface area contributed by atoms with Gasteiger partial charge >= 0.3 is 6.01 Å². The average Bonchev–Trinajstić information content (AvgIpc) is 3.18. The summed E-state index contributed by atoms with van der Waals surface area (Å²) < 4.78 is 10.9. The number of aromatic nitrogens is 2. The number of hydrogen-bond donors (Lipinski definition) is 1. The molecule has 1 aliphatic heterocycles. The van der Waals surface area contributed by atoms with Gasteiger partial charge < -0.3 is 9.15 Å². The van der Waals surface area contributed by atoms with Crippen LogP contribution in [0.2, 0.25) is 0 Å². The highest BCUT2D eigenvalue weighted by molar-refractivity contribution is 7.99. The van der Waals surface area contributed by atoms with Gasteiger partial charge in [0.25, 0.3) is 5.91 Å². The largest absolute Gasteiger partial charge is 0.405 e. The first-order valence-electron chi connectivity index (χ1n) is 7.25. The maximum absolute atomic E-state index is 12.2. The molecule has 1 unspecified atom stereocenters. The molecule has 1 amide bonds. The first-order chi connectivity index (χ1) is 10.8. The van der Waals surface area contributed by atoms with Crippen LogP contribution in [0.15, 0.2) is 33.6 Å². The Morgan fingerprint density at radius 2 is 2.36 bits per heavy atom. The van der Waals surface area contributed by atoms with Crippen LogP contribution in [0, 0.1) is 0 Å². The van der Waals surface area contributed by atoms with Gasteiger partial charge in [-0.25, -0.2) is 0 Å². The Hall–Kier alpha value is -1.86. The lowest BCUT2D eigenvalue weighted by atomic mass is 10.2. The third-order valence-electron chi connectivity index (χ3n) is 3.27. The molecule has 7 heteroatoms. The summed E-state index contributed by atoms with van der Waals surface area (Å²) in [5.41, 5.74) is 0.565. The Morgan fingerprint density at radius 3 is 3.14 bits per heavy atom. The van der Waals surface area contributed by atoms with Gasteiger partial charge in [-0.1, -0.05) is 18.1 Å². The van der Waals surface area contributed by atoms with Crippen LogP contribution in [0.1, 0.15) is 42.1 Å². The van der Waals surface area contributed by atoms with Crippen molar-refractivity contribution in [3.05, 3.63) is 35.7 Å². The number of nitrogens with one attached hydrogen (secondary N) is 1. The van der Waals surface area contributed by atoms with Crippen molar-refractivity contribution < 1.29 is 13.9 Å². The van der Waals surface area contributed by atoms with E-state index in [0.717, 1.165) is 23.5 Å². The molecule has 1 aromatic carbocycles. The van der Waals surface area contributed by atoms with Crippen molar-refractivity contribution in [2.75, 3.05) is 17.7 Å². The van der Waals surface area contributed by atoms with E-state index in [9.17, 15) is 4.79 Å². The average molecular weight is 319 g/mol. The van der Waals surface area contributed by atoms with Crippen LogP contribution in [-0.2, 0) is 4.74 Å². The summed E-state index contributed by atoms with van der Waals surface area (Å²) in [4.78, 5) is 13.3. The Morgan fingerprint density at radius 1 is 1.45 bits per heavy atom. The lowest BCUT2D eigenvalue weighted by Gasteiger charge is -2.04. The molecular weight excluding hydrogens is 302 g/mol. The molecule has 116 valence electrons. The number of carbonyl (C=O) groups is 1. The molecule has 1 fully saturated rings. The van der Waals surface area contributed by atoms with E-state index in [0.29, 0.717) is 18.1 Å². The number of hydrogen-bond acceptors (Lipinski definition) is 6. The second-order valence-electron chi connectivity index (χ2n) is 4.86. The quantitative estimate of drug-likeness (QED) is 0.852. The molecular formula is C15H17N3O3S. The molecule has 2 heterocycles. The summed E-state index contributed by atoms with van der Waals surface area (Å²) in [6.07, 6.45) is 1.70. The van der Waals surface area contributed by atoms with Crippen LogP contribution in [0.5, 0.6) is 0 Å². The number of thioether (sulfide) groups is 1. The Labute approximate surface area is 132 Å². The van der Waals surface area contributed by atoms with Crippen molar-refractivity contribution in [1.29, 1.82) is 0 Å². The summed E-state index contributed by atoms with van der Waals surface area (Å²) in [5.74, 6) is 1.11. The lowest BCUT2D eigenvalue weighted by Crippen LogP contribution is -2.12. The zero-order chi connectivity index (χ0) is 15.4. The minimum Gasteiger partial charge on any atom is -0.405 e. The fourth-order valence-electron chi connectivity index (χ4n) is 2.25. The molecule has 0 bridgehead atoms. The monoisotopic (exact) mass is 319 g/mol. The van der Waals surface area contributed by atoms with Gasteiger partial charge in [0.15, 0.2) is 0 Å². The molecule has 1 atom stereocenters. The third-order valence-corrected chi connectivity index (χ3v) is 4.15. The van der Waals surface area contributed by atoms with Gasteiger partial charge in [-0.2, -0.15) is 0 Å². The van der Waals surface area contributed by atoms with E-state index in [1.807, 2.05) is 18.2 Å². The molecule has 3 rings (SSSR count).